The second kappa shape index (κ2) is 5.35. The maximum atomic E-state index is 13.4. The van der Waals surface area contributed by atoms with Crippen LogP contribution in [0.5, 0.6) is 0 Å². The van der Waals surface area contributed by atoms with Crippen LogP contribution in [0, 0.1) is 21.3 Å². The number of hydrogen-bond donors (Lipinski definition) is 3. The molecule has 0 aliphatic heterocycles. The maximum absolute atomic E-state index is 13.4. The van der Waals surface area contributed by atoms with Crippen molar-refractivity contribution in [1.82, 2.24) is 5.32 Å². The van der Waals surface area contributed by atoms with Crippen LogP contribution in [0.3, 0.4) is 0 Å². The molecule has 21 heavy (non-hydrogen) atoms. The van der Waals surface area contributed by atoms with E-state index in [1.165, 1.54) is 0 Å². The number of aliphatic carboxylic acids is 1. The maximum Gasteiger partial charge on any atom is 0.319 e. The first-order valence-corrected chi connectivity index (χ1v) is 6.06. The fourth-order valence-corrected chi connectivity index (χ4v) is 1.76. The highest BCUT2D eigenvalue weighted by atomic mass is 19.1. The van der Waals surface area contributed by atoms with Gasteiger partial charge in [0.2, 0.25) is 0 Å². The summed E-state index contributed by atoms with van der Waals surface area (Å²) in [5.41, 5.74) is -1.66. The van der Waals surface area contributed by atoms with Crippen molar-refractivity contribution in [2.75, 3.05) is 11.9 Å². The van der Waals surface area contributed by atoms with Gasteiger partial charge >= 0.3 is 12.0 Å². The molecule has 2 rings (SSSR count). The molecule has 1 aromatic rings. The summed E-state index contributed by atoms with van der Waals surface area (Å²) >= 11 is 0. The van der Waals surface area contributed by atoms with Gasteiger partial charge in [-0.2, -0.15) is 0 Å². The number of rotatable bonds is 5. The largest absolute Gasteiger partial charge is 0.481 e. The van der Waals surface area contributed by atoms with Gasteiger partial charge in [-0.1, -0.05) is 0 Å². The summed E-state index contributed by atoms with van der Waals surface area (Å²) in [6.07, 6.45) is 0.932. The molecule has 1 aliphatic carbocycles. The Balaban J connectivity index is 1.98. The minimum absolute atomic E-state index is 0.0787. The van der Waals surface area contributed by atoms with Gasteiger partial charge in [0.15, 0.2) is 0 Å². The summed E-state index contributed by atoms with van der Waals surface area (Å²) in [6.45, 7) is -0.0787. The minimum atomic E-state index is -0.996. The first kappa shape index (κ1) is 14.7. The predicted molar refractivity (Wildman–Crippen MR) is 69.4 cm³/mol. The van der Waals surface area contributed by atoms with Gasteiger partial charge in [0, 0.05) is 18.7 Å². The Hall–Kier alpha value is -2.71. The Morgan fingerprint density at radius 2 is 2.10 bits per heavy atom. The predicted octanol–water partition coefficient (Wildman–Crippen LogP) is 1.72. The quantitative estimate of drug-likeness (QED) is 0.564. The highest BCUT2D eigenvalue weighted by molar-refractivity contribution is 5.90. The molecule has 0 heterocycles. The zero-order chi connectivity index (χ0) is 15.6. The molecule has 9 heteroatoms. The van der Waals surface area contributed by atoms with Gasteiger partial charge in [-0.3, -0.25) is 14.9 Å². The van der Waals surface area contributed by atoms with Crippen LogP contribution in [0.4, 0.5) is 20.6 Å². The number of carbonyl (C=O) groups is 2. The molecular formula is C12H12FN3O5. The zero-order valence-corrected chi connectivity index (χ0v) is 10.8. The second-order valence-corrected chi connectivity index (χ2v) is 4.81. The van der Waals surface area contributed by atoms with Crippen LogP contribution >= 0.6 is 0 Å². The van der Waals surface area contributed by atoms with Crippen LogP contribution in [0.15, 0.2) is 18.2 Å². The van der Waals surface area contributed by atoms with Crippen LogP contribution in [0.2, 0.25) is 0 Å². The van der Waals surface area contributed by atoms with Gasteiger partial charge in [0.25, 0.3) is 5.69 Å². The van der Waals surface area contributed by atoms with E-state index in [4.69, 9.17) is 5.11 Å². The third kappa shape index (κ3) is 3.25. The molecule has 0 bridgehead atoms. The summed E-state index contributed by atoms with van der Waals surface area (Å²) < 4.78 is 13.4. The number of carboxylic acids is 1. The summed E-state index contributed by atoms with van der Waals surface area (Å²) in [5.74, 6) is -1.82. The van der Waals surface area contributed by atoms with Crippen molar-refractivity contribution in [2.24, 2.45) is 5.41 Å². The van der Waals surface area contributed by atoms with Gasteiger partial charge in [-0.05, 0) is 18.9 Å². The van der Waals surface area contributed by atoms with Crippen molar-refractivity contribution >= 4 is 23.4 Å². The van der Waals surface area contributed by atoms with Crippen LogP contribution < -0.4 is 10.6 Å². The molecule has 1 aliphatic rings. The number of amides is 2. The number of halogens is 1. The van der Waals surface area contributed by atoms with Crippen LogP contribution in [-0.2, 0) is 4.79 Å². The van der Waals surface area contributed by atoms with Crippen molar-refractivity contribution in [3.8, 4) is 0 Å². The van der Waals surface area contributed by atoms with Crippen molar-refractivity contribution in [2.45, 2.75) is 12.8 Å². The first-order valence-electron chi connectivity index (χ1n) is 6.06. The van der Waals surface area contributed by atoms with E-state index in [0.717, 1.165) is 18.2 Å². The van der Waals surface area contributed by atoms with E-state index in [9.17, 15) is 24.1 Å². The molecule has 2 amide bonds. The highest BCUT2D eigenvalue weighted by Crippen LogP contribution is 2.45. The van der Waals surface area contributed by atoms with Gasteiger partial charge in [0.05, 0.1) is 16.0 Å². The average Bonchev–Trinajstić information content (AvgIpc) is 3.20. The van der Waals surface area contributed by atoms with Gasteiger partial charge in [-0.15, -0.1) is 0 Å². The van der Waals surface area contributed by atoms with E-state index in [1.807, 2.05) is 0 Å². The summed E-state index contributed by atoms with van der Waals surface area (Å²) in [6, 6.07) is 1.91. The van der Waals surface area contributed by atoms with E-state index >= 15 is 0 Å². The van der Waals surface area contributed by atoms with E-state index in [-0.39, 0.29) is 17.9 Å². The molecule has 0 radical (unpaired) electrons. The molecular weight excluding hydrogens is 285 g/mol. The molecule has 8 nitrogen and oxygen atoms in total. The van der Waals surface area contributed by atoms with Gasteiger partial charge in [0.1, 0.15) is 5.82 Å². The number of nitrogens with one attached hydrogen (secondary N) is 2. The Bertz CT molecular complexity index is 615. The molecule has 1 aromatic carbocycles. The molecule has 1 fully saturated rings. The lowest BCUT2D eigenvalue weighted by atomic mass is 10.1. The van der Waals surface area contributed by atoms with E-state index in [1.54, 1.807) is 0 Å². The van der Waals surface area contributed by atoms with Crippen molar-refractivity contribution < 1.29 is 24.0 Å². The van der Waals surface area contributed by atoms with Crippen molar-refractivity contribution in [3.63, 3.8) is 0 Å². The number of benzene rings is 1. The fraction of sp³-hybridized carbons (Fsp3) is 0.333. The molecule has 0 spiro atoms. The number of nitrogens with zero attached hydrogens (tertiary/aromatic N) is 1. The van der Waals surface area contributed by atoms with Gasteiger partial charge < -0.3 is 15.7 Å². The number of urea groups is 1. The van der Waals surface area contributed by atoms with Crippen LogP contribution in [0.25, 0.3) is 0 Å². The normalized spacial score (nSPS) is 15.1. The molecule has 0 unspecified atom stereocenters. The Kier molecular flexibility index (Phi) is 3.74. The van der Waals surface area contributed by atoms with E-state index in [2.05, 4.69) is 10.6 Å². The van der Waals surface area contributed by atoms with Crippen LogP contribution in [-0.4, -0.2) is 28.6 Å². The number of nitro benzene ring substituents is 1. The summed E-state index contributed by atoms with van der Waals surface area (Å²) in [7, 11) is 0. The molecule has 0 saturated heterocycles. The highest BCUT2D eigenvalue weighted by Gasteiger charge is 2.50. The number of carbonyl (C=O) groups excluding carboxylic acids is 1. The number of non-ortho nitro benzene ring substituents is 1. The molecule has 0 aromatic heterocycles. The lowest BCUT2D eigenvalue weighted by Gasteiger charge is -2.12. The first-order chi connectivity index (χ1) is 9.84. The van der Waals surface area contributed by atoms with Crippen molar-refractivity contribution in [1.29, 1.82) is 0 Å². The third-order valence-electron chi connectivity index (χ3n) is 3.30. The number of anilines is 1. The molecule has 1 saturated carbocycles. The Morgan fingerprint density at radius 3 is 2.62 bits per heavy atom. The second-order valence-electron chi connectivity index (χ2n) is 4.81. The third-order valence-corrected chi connectivity index (χ3v) is 3.30. The Morgan fingerprint density at radius 1 is 1.43 bits per heavy atom. The van der Waals surface area contributed by atoms with Gasteiger partial charge in [-0.25, -0.2) is 9.18 Å². The zero-order valence-electron chi connectivity index (χ0n) is 10.8. The summed E-state index contributed by atoms with van der Waals surface area (Å²) in [5, 5.41) is 24.0. The topological polar surface area (TPSA) is 122 Å². The standard InChI is InChI=1S/C12H12FN3O5/c13-8-2-1-7(16(20)21)5-9(8)15-11(19)14-6-12(3-4-12)10(17)18/h1-2,5H,3-4,6H2,(H,17,18)(H2,14,15,19). The van der Waals surface area contributed by atoms with Crippen molar-refractivity contribution in [3.05, 3.63) is 34.1 Å². The number of nitro groups is 1. The van der Waals surface area contributed by atoms with E-state index < -0.39 is 28.2 Å². The summed E-state index contributed by atoms with van der Waals surface area (Å²) in [4.78, 5) is 32.4. The smallest absolute Gasteiger partial charge is 0.319 e. The molecule has 0 atom stereocenters. The van der Waals surface area contributed by atoms with Crippen LogP contribution in [0.1, 0.15) is 12.8 Å². The number of carboxylic acid groups (broad SMARTS) is 1. The monoisotopic (exact) mass is 297 g/mol. The lowest BCUT2D eigenvalue weighted by Crippen LogP contribution is -2.37. The number of hydrogen-bond acceptors (Lipinski definition) is 4. The molecule has 3 N–H and O–H groups in total. The Labute approximate surface area is 118 Å². The average molecular weight is 297 g/mol. The lowest BCUT2D eigenvalue weighted by molar-refractivity contribution is -0.384. The molecule has 112 valence electrons. The van der Waals surface area contributed by atoms with E-state index in [0.29, 0.717) is 12.8 Å². The minimum Gasteiger partial charge on any atom is -0.481 e. The fourth-order valence-electron chi connectivity index (χ4n) is 1.76. The SMILES string of the molecule is O=C(NCC1(C(=O)O)CC1)Nc1cc([N+](=O)[O-])ccc1F.